The Labute approximate surface area is 184 Å². The largest absolute Gasteiger partial charge is 0.507 e. The zero-order chi connectivity index (χ0) is 22.0. The highest BCUT2D eigenvalue weighted by Gasteiger charge is 2.34. The Morgan fingerprint density at radius 2 is 2.00 bits per heavy atom. The molecule has 0 saturated carbocycles. The van der Waals surface area contributed by atoms with Crippen LogP contribution < -0.4 is 5.63 Å². The third kappa shape index (κ3) is 4.81. The van der Waals surface area contributed by atoms with Crippen molar-refractivity contribution < 1.29 is 14.3 Å². The van der Waals surface area contributed by atoms with Crippen molar-refractivity contribution in [1.29, 1.82) is 0 Å². The van der Waals surface area contributed by atoms with E-state index in [-0.39, 0.29) is 11.4 Å². The van der Waals surface area contributed by atoms with E-state index in [0.29, 0.717) is 36.3 Å². The van der Waals surface area contributed by atoms with Gasteiger partial charge in [-0.2, -0.15) is 0 Å². The molecule has 0 unspecified atom stereocenters. The Kier molecular flexibility index (Phi) is 6.99. The van der Waals surface area contributed by atoms with Crippen molar-refractivity contribution in [2.24, 2.45) is 5.92 Å². The van der Waals surface area contributed by atoms with Crippen molar-refractivity contribution in [3.63, 3.8) is 0 Å². The van der Waals surface area contributed by atoms with E-state index in [0.717, 1.165) is 29.6 Å². The first-order chi connectivity index (χ1) is 15.0. The number of phenols is 1. The molecule has 2 aliphatic heterocycles. The molecule has 1 N–H and O–H groups in total. The summed E-state index contributed by atoms with van der Waals surface area (Å²) in [7, 11) is 1.74. The minimum Gasteiger partial charge on any atom is -0.507 e. The summed E-state index contributed by atoms with van der Waals surface area (Å²) in [5, 5.41) is 11.8. The number of phenolic OH excluding ortho intramolecular Hbond substituents is 1. The van der Waals surface area contributed by atoms with Crippen LogP contribution in [0.25, 0.3) is 11.0 Å². The number of methoxy groups -OCH3 is 1. The monoisotopic (exact) mass is 428 g/mol. The molecule has 0 radical (unpaired) electrons. The summed E-state index contributed by atoms with van der Waals surface area (Å²) >= 11 is 0. The van der Waals surface area contributed by atoms with Crippen molar-refractivity contribution in [2.45, 2.75) is 58.5 Å². The van der Waals surface area contributed by atoms with Crippen molar-refractivity contribution in [1.82, 2.24) is 9.80 Å². The first-order valence-corrected chi connectivity index (χ1v) is 11.7. The Bertz CT molecular complexity index is 968. The van der Waals surface area contributed by atoms with Crippen LogP contribution in [0.3, 0.4) is 0 Å². The van der Waals surface area contributed by atoms with Crippen LogP contribution >= 0.6 is 0 Å². The van der Waals surface area contributed by atoms with Gasteiger partial charge in [-0.05, 0) is 70.2 Å². The molecular weight excluding hydrogens is 392 g/mol. The number of nitrogens with zero attached hydrogens (tertiary/aromatic N) is 2. The van der Waals surface area contributed by atoms with Crippen LogP contribution in [-0.4, -0.2) is 60.8 Å². The number of fused-ring (bicyclic) bond motifs is 2. The summed E-state index contributed by atoms with van der Waals surface area (Å²) in [6.07, 6.45) is 6.53. The predicted octanol–water partition coefficient (Wildman–Crippen LogP) is 3.83. The van der Waals surface area contributed by atoms with Crippen LogP contribution in [0.2, 0.25) is 0 Å². The molecule has 31 heavy (non-hydrogen) atoms. The fourth-order valence-electron chi connectivity index (χ4n) is 5.61. The van der Waals surface area contributed by atoms with Crippen LogP contribution in [0.15, 0.2) is 21.3 Å². The second-order valence-electron chi connectivity index (χ2n) is 9.36. The molecule has 1 aromatic heterocycles. The topological polar surface area (TPSA) is 66.1 Å². The van der Waals surface area contributed by atoms with Crippen LogP contribution in [-0.2, 0) is 11.3 Å². The summed E-state index contributed by atoms with van der Waals surface area (Å²) in [5.41, 5.74) is 2.51. The number of aromatic hydroxyl groups is 1. The molecule has 2 aromatic rings. The third-order valence-electron chi connectivity index (χ3n) is 7.25. The molecule has 0 amide bonds. The average Bonchev–Trinajstić information content (AvgIpc) is 2.76. The van der Waals surface area contributed by atoms with Gasteiger partial charge >= 0.3 is 5.63 Å². The summed E-state index contributed by atoms with van der Waals surface area (Å²) in [6.45, 7) is 9.41. The maximum atomic E-state index is 11.8. The van der Waals surface area contributed by atoms with E-state index in [1.807, 2.05) is 19.9 Å². The lowest BCUT2D eigenvalue weighted by Crippen LogP contribution is -2.51. The number of hydrogen-bond acceptors (Lipinski definition) is 6. The molecule has 1 aromatic carbocycles. The highest BCUT2D eigenvalue weighted by atomic mass is 16.5. The van der Waals surface area contributed by atoms with Crippen molar-refractivity contribution in [3.05, 3.63) is 39.2 Å². The Balaban J connectivity index is 1.59. The molecule has 0 spiro atoms. The Hall–Kier alpha value is -1.89. The standard InChI is InChI=1S/C25H36N2O4/c1-17-13-23(28)31-25-18(2)24(29)20(14-21(17)25)16-26(11-12-30-3)15-19-7-6-10-27-9-5-4-8-22(19)27/h13-14,19,22,29H,4-12,15-16H2,1-3H3/t19-,22+/m0/s1. The molecule has 0 bridgehead atoms. The number of rotatable bonds is 7. The summed E-state index contributed by atoms with van der Waals surface area (Å²) in [4.78, 5) is 16.9. The molecule has 2 saturated heterocycles. The minimum absolute atomic E-state index is 0.228. The highest BCUT2D eigenvalue weighted by Crippen LogP contribution is 2.34. The molecule has 6 heteroatoms. The average molecular weight is 429 g/mol. The maximum absolute atomic E-state index is 11.8. The predicted molar refractivity (Wildman–Crippen MR) is 123 cm³/mol. The highest BCUT2D eigenvalue weighted by molar-refractivity contribution is 5.85. The first-order valence-electron chi connectivity index (χ1n) is 11.7. The molecule has 170 valence electrons. The second kappa shape index (κ2) is 9.72. The van der Waals surface area contributed by atoms with Gasteiger partial charge in [0.05, 0.1) is 6.61 Å². The van der Waals surface area contributed by atoms with Gasteiger partial charge in [0.1, 0.15) is 11.3 Å². The number of ether oxygens (including phenoxy) is 1. The third-order valence-corrected chi connectivity index (χ3v) is 7.25. The molecule has 4 rings (SSSR count). The lowest BCUT2D eigenvalue weighted by molar-refractivity contribution is 0.0335. The van der Waals surface area contributed by atoms with Crippen molar-refractivity contribution in [3.8, 4) is 5.75 Å². The fraction of sp³-hybridized carbons (Fsp3) is 0.640. The maximum Gasteiger partial charge on any atom is 0.336 e. The smallest absolute Gasteiger partial charge is 0.336 e. The van der Waals surface area contributed by atoms with Gasteiger partial charge in [-0.3, -0.25) is 4.90 Å². The number of aryl methyl sites for hydroxylation is 2. The number of piperidine rings is 2. The number of hydrogen-bond donors (Lipinski definition) is 1. The van der Waals surface area contributed by atoms with Gasteiger partial charge in [0.15, 0.2) is 0 Å². The summed E-state index contributed by atoms with van der Waals surface area (Å²) < 4.78 is 10.8. The Morgan fingerprint density at radius 3 is 2.81 bits per heavy atom. The van der Waals surface area contributed by atoms with Crippen LogP contribution in [0.4, 0.5) is 0 Å². The van der Waals surface area contributed by atoms with E-state index < -0.39 is 0 Å². The van der Waals surface area contributed by atoms with E-state index in [1.54, 1.807) is 7.11 Å². The minimum atomic E-state index is -0.378. The lowest BCUT2D eigenvalue weighted by atomic mass is 9.83. The van der Waals surface area contributed by atoms with Crippen LogP contribution in [0.5, 0.6) is 5.75 Å². The fourth-order valence-corrected chi connectivity index (χ4v) is 5.61. The first kappa shape index (κ1) is 22.3. The molecule has 6 nitrogen and oxygen atoms in total. The quantitative estimate of drug-likeness (QED) is 0.676. The van der Waals surface area contributed by atoms with Crippen molar-refractivity contribution in [2.75, 3.05) is 39.9 Å². The van der Waals surface area contributed by atoms with Gasteiger partial charge in [-0.25, -0.2) is 4.79 Å². The van der Waals surface area contributed by atoms with Crippen molar-refractivity contribution >= 4 is 11.0 Å². The van der Waals surface area contributed by atoms with E-state index in [4.69, 9.17) is 9.15 Å². The van der Waals surface area contributed by atoms with E-state index in [2.05, 4.69) is 9.80 Å². The molecule has 0 aliphatic carbocycles. The number of benzene rings is 1. The summed E-state index contributed by atoms with van der Waals surface area (Å²) in [6, 6.07) is 4.20. The van der Waals surface area contributed by atoms with Gasteiger partial charge in [-0.1, -0.05) is 6.42 Å². The molecule has 2 atom stereocenters. The van der Waals surface area contributed by atoms with Gasteiger partial charge in [-0.15, -0.1) is 0 Å². The Morgan fingerprint density at radius 1 is 1.19 bits per heavy atom. The van der Waals surface area contributed by atoms with Gasteiger partial charge in [0.2, 0.25) is 0 Å². The molecule has 3 heterocycles. The lowest BCUT2D eigenvalue weighted by Gasteiger charge is -2.45. The molecule has 2 fully saturated rings. The van der Waals surface area contributed by atoms with Crippen LogP contribution in [0, 0.1) is 19.8 Å². The van der Waals surface area contributed by atoms with E-state index in [1.165, 1.54) is 51.3 Å². The second-order valence-corrected chi connectivity index (χ2v) is 9.36. The van der Waals surface area contributed by atoms with Gasteiger partial charge in [0.25, 0.3) is 0 Å². The van der Waals surface area contributed by atoms with E-state index in [9.17, 15) is 9.90 Å². The van der Waals surface area contributed by atoms with Crippen LogP contribution in [0.1, 0.15) is 48.8 Å². The zero-order valence-electron chi connectivity index (χ0n) is 19.2. The molecule has 2 aliphatic rings. The van der Waals surface area contributed by atoms with Gasteiger partial charge < -0.3 is 19.2 Å². The molecular formula is C25H36N2O4. The normalized spacial score (nSPS) is 22.2. The summed E-state index contributed by atoms with van der Waals surface area (Å²) in [5.74, 6) is 0.890. The van der Waals surface area contributed by atoms with E-state index >= 15 is 0 Å². The van der Waals surface area contributed by atoms with Gasteiger partial charge in [0, 0.05) is 55.4 Å². The zero-order valence-corrected chi connectivity index (χ0v) is 19.2. The SMILES string of the molecule is COCCN(Cc1cc2c(C)cc(=O)oc2c(C)c1O)C[C@@H]1CCCN2CCCC[C@H]12.